The summed E-state index contributed by atoms with van der Waals surface area (Å²) in [6.45, 7) is 0. The maximum Gasteiger partial charge on any atom is 0.430 e. The summed E-state index contributed by atoms with van der Waals surface area (Å²) < 4.78 is 232. The lowest BCUT2D eigenvalue weighted by molar-refractivity contribution is -0.363. The summed E-state index contributed by atoms with van der Waals surface area (Å²) in [5, 5.41) is 27.9. The van der Waals surface area contributed by atoms with Gasteiger partial charge in [-0.25, -0.2) is 0 Å². The van der Waals surface area contributed by atoms with Crippen molar-refractivity contribution in [2.45, 2.75) is 66.7 Å². The predicted octanol–water partition coefficient (Wildman–Crippen LogP) is 7.17. The zero-order chi connectivity index (χ0) is 34.5. The summed E-state index contributed by atoms with van der Waals surface area (Å²) >= 11 is 0. The second-order valence-corrected chi connectivity index (χ2v) is 10.3. The molecule has 4 aliphatic carbocycles. The Morgan fingerprint density at radius 1 is 0.409 bits per heavy atom. The molecule has 0 aromatic heterocycles. The molecule has 4 rings (SSSR count). The van der Waals surface area contributed by atoms with Gasteiger partial charge in [0.15, 0.2) is 0 Å². The van der Waals surface area contributed by atoms with Gasteiger partial charge in [0.25, 0.3) is 16.8 Å². The Morgan fingerprint density at radius 3 is 0.932 bits per heavy atom. The van der Waals surface area contributed by atoms with Crippen LogP contribution in [0.1, 0.15) is 12.8 Å². The lowest BCUT2D eigenvalue weighted by Crippen LogP contribution is -2.63. The summed E-state index contributed by atoms with van der Waals surface area (Å²) in [5.74, 6) is -5.87. The number of hydrogen-bond donors (Lipinski definition) is 3. The third-order valence-corrected chi connectivity index (χ3v) is 7.68. The lowest BCUT2D eigenvalue weighted by atomic mass is 9.75. The molecule has 0 aromatic rings. The first-order valence-corrected chi connectivity index (χ1v) is 11.7. The fraction of sp³-hybridized carbons (Fsp3) is 0.652. The van der Waals surface area contributed by atoms with E-state index in [0.717, 1.165) is 6.08 Å². The Bertz CT molecular complexity index is 1150. The third kappa shape index (κ3) is 5.09. The first-order valence-electron chi connectivity index (χ1n) is 11.7. The molecular weight excluding hydrogens is 666 g/mol. The molecule has 0 heterocycles. The van der Waals surface area contributed by atoms with Gasteiger partial charge in [-0.3, -0.25) is 0 Å². The van der Waals surface area contributed by atoms with Gasteiger partial charge in [0.1, 0.15) is 0 Å². The van der Waals surface area contributed by atoms with E-state index in [1.807, 2.05) is 0 Å². The second-order valence-electron chi connectivity index (χ2n) is 10.3. The molecule has 0 amide bonds. The summed E-state index contributed by atoms with van der Waals surface area (Å²) in [7, 11) is 0. The zero-order valence-corrected chi connectivity index (χ0v) is 20.8. The molecule has 0 aromatic carbocycles. The summed E-state index contributed by atoms with van der Waals surface area (Å²) in [6, 6.07) is 0. The van der Waals surface area contributed by atoms with Crippen molar-refractivity contribution < 1.29 is 94.3 Å². The highest BCUT2D eigenvalue weighted by Gasteiger charge is 2.80. The molecule has 0 aliphatic heterocycles. The standard InChI is InChI=1S/C13H8F12O2.C10H8F6O/c14-10(15,16)8(26,11(17,18)19)6-4-1-2-5(3-4)7(6)9(27,12(20,21)22)13(23,24)25;11-9(12,13)8(17,10(14,15)16)7-4-5-1-2-6(7)3-5/h1-2,4-5,26-27H,3H2;1-2,4-6,17H,3H2. The van der Waals surface area contributed by atoms with Gasteiger partial charge in [-0.05, 0) is 35.5 Å². The van der Waals surface area contributed by atoms with Crippen molar-refractivity contribution in [3.63, 3.8) is 0 Å². The Kier molecular flexibility index (Phi) is 8.23. The van der Waals surface area contributed by atoms with Crippen LogP contribution in [-0.2, 0) is 0 Å². The highest BCUT2D eigenvalue weighted by atomic mass is 19.4. The van der Waals surface area contributed by atoms with Gasteiger partial charge in [0.05, 0.1) is 0 Å². The van der Waals surface area contributed by atoms with Crippen molar-refractivity contribution in [1.82, 2.24) is 0 Å². The van der Waals surface area contributed by atoms with Crippen LogP contribution >= 0.6 is 0 Å². The largest absolute Gasteiger partial charge is 0.430 e. The molecular formula is C23H16F18O3. The van der Waals surface area contributed by atoms with Crippen LogP contribution in [0.3, 0.4) is 0 Å². The summed E-state index contributed by atoms with van der Waals surface area (Å²) in [5.41, 5.74) is -23.0. The van der Waals surface area contributed by atoms with Crippen LogP contribution in [0.25, 0.3) is 0 Å². The highest BCUT2D eigenvalue weighted by molar-refractivity contribution is 5.50. The van der Waals surface area contributed by atoms with Gasteiger partial charge < -0.3 is 15.3 Å². The van der Waals surface area contributed by atoms with Gasteiger partial charge in [-0.2, -0.15) is 79.0 Å². The van der Waals surface area contributed by atoms with Crippen molar-refractivity contribution in [3.05, 3.63) is 47.1 Å². The van der Waals surface area contributed by atoms with Crippen molar-refractivity contribution in [2.24, 2.45) is 23.7 Å². The molecule has 4 aliphatic rings. The normalized spacial score (nSPS) is 26.4. The number of allylic oxidation sites excluding steroid dienone is 5. The van der Waals surface area contributed by atoms with Crippen LogP contribution in [-0.4, -0.2) is 69.2 Å². The quantitative estimate of drug-likeness (QED) is 0.219. The third-order valence-electron chi connectivity index (χ3n) is 7.68. The Labute approximate surface area is 232 Å². The fourth-order valence-corrected chi connectivity index (χ4v) is 5.70. The van der Waals surface area contributed by atoms with Crippen molar-refractivity contribution in [2.75, 3.05) is 0 Å². The van der Waals surface area contributed by atoms with E-state index in [2.05, 4.69) is 0 Å². The number of alkyl halides is 18. The van der Waals surface area contributed by atoms with E-state index >= 15 is 0 Å². The molecule has 0 saturated heterocycles. The molecule has 252 valence electrons. The summed E-state index contributed by atoms with van der Waals surface area (Å²) in [4.78, 5) is 0. The van der Waals surface area contributed by atoms with Gasteiger partial charge in [-0.15, -0.1) is 0 Å². The Morgan fingerprint density at radius 2 is 0.705 bits per heavy atom. The van der Waals surface area contributed by atoms with E-state index in [-0.39, 0.29) is 6.42 Å². The Balaban J connectivity index is 0.000000266. The van der Waals surface area contributed by atoms with E-state index in [1.165, 1.54) is 6.08 Å². The lowest BCUT2D eigenvalue weighted by Gasteiger charge is -2.41. The molecule has 44 heavy (non-hydrogen) atoms. The van der Waals surface area contributed by atoms with Crippen LogP contribution < -0.4 is 0 Å². The molecule has 4 bridgehead atoms. The number of fused-ring (bicyclic) bond motifs is 4. The fourth-order valence-electron chi connectivity index (χ4n) is 5.70. The van der Waals surface area contributed by atoms with Crippen molar-refractivity contribution in [1.29, 1.82) is 0 Å². The topological polar surface area (TPSA) is 60.7 Å². The van der Waals surface area contributed by atoms with Crippen LogP contribution in [0, 0.1) is 23.7 Å². The molecule has 4 atom stereocenters. The second kappa shape index (κ2) is 10.0. The Hall–Kier alpha value is -2.42. The van der Waals surface area contributed by atoms with Crippen LogP contribution in [0.5, 0.6) is 0 Å². The van der Waals surface area contributed by atoms with E-state index in [4.69, 9.17) is 5.11 Å². The number of rotatable bonds is 3. The zero-order valence-electron chi connectivity index (χ0n) is 20.8. The van der Waals surface area contributed by atoms with Gasteiger partial charge in [-0.1, -0.05) is 30.4 Å². The van der Waals surface area contributed by atoms with Crippen LogP contribution in [0.4, 0.5) is 79.0 Å². The van der Waals surface area contributed by atoms with Gasteiger partial charge in [0.2, 0.25) is 0 Å². The summed E-state index contributed by atoms with van der Waals surface area (Å²) in [6.07, 6.45) is -34.5. The van der Waals surface area contributed by atoms with Gasteiger partial charge >= 0.3 is 37.1 Å². The predicted molar refractivity (Wildman–Crippen MR) is 108 cm³/mol. The molecule has 0 saturated carbocycles. The van der Waals surface area contributed by atoms with Crippen molar-refractivity contribution in [3.8, 4) is 0 Å². The first kappa shape index (κ1) is 36.1. The van der Waals surface area contributed by atoms with Crippen LogP contribution in [0.2, 0.25) is 0 Å². The SMILES string of the molecule is OC(C1=C(C(O)(C(F)(F)F)C(F)(F)F)C2C=CC1C2)(C(F)(F)F)C(F)(F)F.OC(C1=CC2C=CC1C2)(C(F)(F)F)C(F)(F)F. The molecule has 0 spiro atoms. The minimum Gasteiger partial charge on any atom is -0.370 e. The van der Waals surface area contributed by atoms with E-state index in [0.29, 0.717) is 12.2 Å². The van der Waals surface area contributed by atoms with Crippen molar-refractivity contribution >= 4 is 0 Å². The molecule has 0 radical (unpaired) electrons. The van der Waals surface area contributed by atoms with Crippen LogP contribution in [0.15, 0.2) is 47.1 Å². The maximum atomic E-state index is 13.1. The molecule has 3 nitrogen and oxygen atoms in total. The molecule has 21 heteroatoms. The van der Waals surface area contributed by atoms with E-state index in [1.54, 1.807) is 6.08 Å². The minimum absolute atomic E-state index is 0.170. The number of aliphatic hydroxyl groups is 3. The average Bonchev–Trinajstić information content (AvgIpc) is 3.59. The number of hydrogen-bond acceptors (Lipinski definition) is 3. The first-order chi connectivity index (χ1) is 19.3. The molecule has 3 N–H and O–H groups in total. The molecule has 4 unspecified atom stereocenters. The maximum absolute atomic E-state index is 13.1. The smallest absolute Gasteiger partial charge is 0.370 e. The molecule has 0 fully saturated rings. The van der Waals surface area contributed by atoms with E-state index in [9.17, 15) is 89.2 Å². The average molecular weight is 682 g/mol. The highest BCUT2D eigenvalue weighted by Crippen LogP contribution is 2.63. The van der Waals surface area contributed by atoms with E-state index < -0.39 is 101 Å². The van der Waals surface area contributed by atoms with Gasteiger partial charge in [0, 0.05) is 17.8 Å². The number of halogens is 18. The monoisotopic (exact) mass is 682 g/mol. The minimum atomic E-state index is -6.71.